The van der Waals surface area contributed by atoms with Gasteiger partial charge in [0.2, 0.25) is 5.91 Å². The van der Waals surface area contributed by atoms with Crippen molar-refractivity contribution in [2.24, 2.45) is 35.5 Å². The minimum absolute atomic E-state index is 0.0301. The molecule has 5 saturated carbocycles. The third-order valence-electron chi connectivity index (χ3n) is 31.7. The van der Waals surface area contributed by atoms with Gasteiger partial charge in [0.1, 0.15) is 51.6 Å². The van der Waals surface area contributed by atoms with Crippen molar-refractivity contribution in [2.45, 2.75) is 250 Å². The van der Waals surface area contributed by atoms with Crippen LogP contribution in [-0.2, 0) is 17.9 Å². The monoisotopic (exact) mass is 1810 g/mol. The summed E-state index contributed by atoms with van der Waals surface area (Å²) in [5.41, 5.74) is 17.1. The molecule has 0 radical (unpaired) electrons. The number of rotatable bonds is 14. The first kappa shape index (κ1) is 89.6. The summed E-state index contributed by atoms with van der Waals surface area (Å²) in [5.74, 6) is 8.17. The summed E-state index contributed by atoms with van der Waals surface area (Å²) in [6, 6.07) is 66.9. The Kier molecular flexibility index (Phi) is 24.1. The average Bonchev–Trinajstić information content (AvgIpc) is 0.716. The molecule has 0 spiro atoms. The minimum atomic E-state index is -0.715. The number of methoxy groups -OCH3 is 2. The van der Waals surface area contributed by atoms with E-state index in [4.69, 9.17) is 53.6 Å². The normalized spacial score (nSPS) is 22.2. The van der Waals surface area contributed by atoms with Gasteiger partial charge in [0.05, 0.1) is 80.4 Å². The minimum Gasteiger partial charge on any atom is -0.497 e. The lowest BCUT2D eigenvalue weighted by Crippen LogP contribution is -2.51. The molecule has 10 atom stereocenters. The molecule has 6 heterocycles. The fourth-order valence-corrected chi connectivity index (χ4v) is 24.8. The van der Waals surface area contributed by atoms with Crippen molar-refractivity contribution in [3.63, 3.8) is 0 Å². The van der Waals surface area contributed by atoms with Crippen molar-refractivity contribution in [3.8, 4) is 28.7 Å². The molecule has 696 valence electrons. The Hall–Kier alpha value is -12.9. The highest BCUT2D eigenvalue weighted by molar-refractivity contribution is 6.15. The number of nitrogens with zero attached hydrogens (tertiary/aromatic N) is 7. The van der Waals surface area contributed by atoms with E-state index in [1.165, 1.54) is 42.4 Å². The van der Waals surface area contributed by atoms with Crippen LogP contribution in [0.15, 0.2) is 206 Å². The maximum absolute atomic E-state index is 15.1. The van der Waals surface area contributed by atoms with Crippen molar-refractivity contribution in [3.05, 3.63) is 256 Å². The molecule has 5 fully saturated rings. The van der Waals surface area contributed by atoms with Crippen molar-refractivity contribution in [2.75, 3.05) is 14.2 Å². The highest BCUT2D eigenvalue weighted by atomic mass is 16.5. The van der Waals surface area contributed by atoms with Crippen LogP contribution in [0, 0.1) is 35.5 Å². The number of carbonyl (C=O) groups is 4. The molecule has 0 saturated heterocycles. The summed E-state index contributed by atoms with van der Waals surface area (Å²) in [4.78, 5) is 89.3. The molecule has 19 nitrogen and oxygen atoms in total. The lowest BCUT2D eigenvalue weighted by molar-refractivity contribution is -0.127. The van der Waals surface area contributed by atoms with Crippen LogP contribution in [0.3, 0.4) is 0 Å². The van der Waals surface area contributed by atoms with Crippen LogP contribution in [0.4, 0.5) is 0 Å². The van der Waals surface area contributed by atoms with E-state index in [1.807, 2.05) is 144 Å². The van der Waals surface area contributed by atoms with Gasteiger partial charge in [0, 0.05) is 109 Å². The maximum Gasteiger partial charge on any atom is 0.255 e. The number of carbonyl (C=O) groups excluding carboxylic acids is 4. The molecule has 12 aromatic carbocycles. The predicted octanol–water partition coefficient (Wildman–Crippen LogP) is 25.7. The molecule has 5 aliphatic carbocycles. The van der Waals surface area contributed by atoms with Crippen LogP contribution >= 0.6 is 0 Å². The topological polar surface area (TPSA) is 231 Å². The highest BCUT2D eigenvalue weighted by Crippen LogP contribution is 2.61. The molecular formula is C117H124N10O9. The Morgan fingerprint density at radius 3 is 1.13 bits per heavy atom. The summed E-state index contributed by atoms with van der Waals surface area (Å²) in [7, 11) is 3.28. The number of nitrogens with one attached hydrogen (secondary N) is 3. The molecule has 19 heteroatoms. The largest absolute Gasteiger partial charge is 0.497 e. The number of hydrogen-bond acceptors (Lipinski definition) is 15. The van der Waals surface area contributed by atoms with Gasteiger partial charge < -0.3 is 44.5 Å². The first-order valence-electron chi connectivity index (χ1n) is 50.0. The van der Waals surface area contributed by atoms with Crippen LogP contribution in [-0.4, -0.2) is 102 Å². The van der Waals surface area contributed by atoms with Gasteiger partial charge in [0.15, 0.2) is 0 Å². The van der Waals surface area contributed by atoms with E-state index >= 15 is 4.79 Å². The highest BCUT2D eigenvalue weighted by Gasteiger charge is 2.52. The van der Waals surface area contributed by atoms with Crippen molar-refractivity contribution in [1.82, 2.24) is 50.8 Å². The van der Waals surface area contributed by atoms with E-state index in [-0.39, 0.29) is 52.5 Å². The Bertz CT molecular complexity index is 7210. The van der Waals surface area contributed by atoms with Gasteiger partial charge in [-0.2, -0.15) is 0 Å². The fraction of sp³-hybridized carbons (Fsp3) is 0.402. The zero-order valence-electron chi connectivity index (χ0n) is 80.2. The number of aromatic nitrogens is 6. The predicted molar refractivity (Wildman–Crippen MR) is 541 cm³/mol. The Balaban J connectivity index is 0.000000124. The Morgan fingerprint density at radius 1 is 0.375 bits per heavy atom. The van der Waals surface area contributed by atoms with Crippen LogP contribution in [0.25, 0.3) is 98.5 Å². The SMILES string of the molecule is COc1cccc(CNC(=O)c2ccc3nc4c(nc3c2)c2c(c3ccccc34)OC(C)(C)[C@H]3CC[C@H](C)C[C@H]23)c1.COc1cccc(CNC(=O)c2ccc3nc4c5c(c6ccccc6c4nc3c2)OC(C)(C)[C@H]2CC[C@H](C)C[C@H]52)c1.C[C@H]1CC[C@H]2[C@H](C1)c1c(c3ccccc3c3nc4cc(C(=O)N(C5CCCCC5)C(C(=O)NC5CCCCC5)c5ccccc5)ccc4nc13)OC2(C)C. The second kappa shape index (κ2) is 36.6. The Morgan fingerprint density at radius 2 is 0.728 bits per heavy atom. The second-order valence-electron chi connectivity index (χ2n) is 42.0. The van der Waals surface area contributed by atoms with Crippen LogP contribution in [0.1, 0.15) is 273 Å². The molecule has 0 bridgehead atoms. The summed E-state index contributed by atoms with van der Waals surface area (Å²) in [6.45, 7) is 21.4. The summed E-state index contributed by atoms with van der Waals surface area (Å²) in [5, 5.41) is 15.8. The van der Waals surface area contributed by atoms with E-state index in [0.29, 0.717) is 99.6 Å². The lowest BCUT2D eigenvalue weighted by Gasteiger charge is -2.49. The van der Waals surface area contributed by atoms with E-state index in [9.17, 15) is 14.4 Å². The van der Waals surface area contributed by atoms with E-state index in [2.05, 4.69) is 145 Å². The number of hydrogen-bond donors (Lipinski definition) is 3. The summed E-state index contributed by atoms with van der Waals surface area (Å²) < 4.78 is 31.3. The van der Waals surface area contributed by atoms with Crippen molar-refractivity contribution in [1.29, 1.82) is 0 Å². The zero-order chi connectivity index (χ0) is 93.6. The molecule has 136 heavy (non-hydrogen) atoms. The van der Waals surface area contributed by atoms with Gasteiger partial charge in [-0.1, -0.05) is 206 Å². The number of fused-ring (bicyclic) bond motifs is 27. The standard InChI is InChI=1S/C47H54N4O3.2C35H35N3O3/c1-29-23-25-37-36(27-29)40-42-41(34-21-13-14-22-35(34)44(40)54-47(37,2)3)50-39-28-31(24-26-38(39)49-42)46(53)51(33-19-11-6-12-20-33)43(30-15-7-4-8-16-30)45(52)48-32-17-9-5-10-18-32;1-20-12-14-27-26(16-20)30-32-31(24-10-5-6-11-25(24)33(30)41-35(27,2)3)38-29-18-22(13-15-28(29)37-32)34(39)36-19-21-8-7-9-23(17-21)40-4;1-20-12-14-27-26(16-20)30-32-31(24-10-5-6-11-25(24)33(30)41-35(27,2)3)37-28-15-13-22(18-29(28)38-32)34(39)36-19-21-8-7-9-23(17-21)40-4/h4,7-8,13-16,21-22,24,26,28-29,32-33,36-37,43H,5-6,9-12,17-20,23,25,27H2,1-3H3,(H,48,52);2*5-11,13,15,17-18,20,26-27H,12,14,16,19H2,1-4H3,(H,36,39)/t29-,36-,37-,43?;2*20-,26-,27-/m000/s1. The Labute approximate surface area is 795 Å². The third kappa shape index (κ3) is 16.9. The van der Waals surface area contributed by atoms with Gasteiger partial charge in [-0.25, -0.2) is 29.9 Å². The molecular weight excluding hydrogens is 1690 g/mol. The van der Waals surface area contributed by atoms with Gasteiger partial charge in [-0.3, -0.25) is 19.2 Å². The second-order valence-corrected chi connectivity index (χ2v) is 42.0. The zero-order valence-corrected chi connectivity index (χ0v) is 80.2. The van der Waals surface area contributed by atoms with Crippen LogP contribution in [0.5, 0.6) is 28.7 Å². The van der Waals surface area contributed by atoms with Gasteiger partial charge in [0.25, 0.3) is 17.7 Å². The smallest absolute Gasteiger partial charge is 0.255 e. The number of benzene rings is 12. The van der Waals surface area contributed by atoms with Crippen LogP contribution < -0.4 is 39.6 Å². The average molecular weight is 1810 g/mol. The van der Waals surface area contributed by atoms with Gasteiger partial charge >= 0.3 is 0 Å². The van der Waals surface area contributed by atoms with Crippen molar-refractivity contribution >= 4 is 122 Å². The van der Waals surface area contributed by atoms with Crippen molar-refractivity contribution < 1.29 is 42.9 Å². The number of ether oxygens (including phenoxy) is 5. The molecule has 3 N–H and O–H groups in total. The van der Waals surface area contributed by atoms with Crippen LogP contribution in [0.2, 0.25) is 0 Å². The summed E-state index contributed by atoms with van der Waals surface area (Å²) >= 11 is 0. The molecule has 4 amide bonds. The first-order valence-corrected chi connectivity index (χ1v) is 50.0. The molecule has 3 aromatic heterocycles. The van der Waals surface area contributed by atoms with Gasteiger partial charge in [-0.15, -0.1) is 0 Å². The molecule has 8 aliphatic rings. The molecule has 1 unspecified atom stereocenters. The quantitative estimate of drug-likeness (QED) is 0.0679. The molecule has 23 rings (SSSR count). The molecule has 15 aromatic rings. The number of amides is 4. The lowest BCUT2D eigenvalue weighted by atomic mass is 9.64. The fourth-order valence-electron chi connectivity index (χ4n) is 24.8. The molecule has 3 aliphatic heterocycles. The summed E-state index contributed by atoms with van der Waals surface area (Å²) in [6.07, 6.45) is 20.9. The van der Waals surface area contributed by atoms with E-state index in [0.717, 1.165) is 224 Å². The maximum atomic E-state index is 15.1. The third-order valence-corrected chi connectivity index (χ3v) is 31.7. The van der Waals surface area contributed by atoms with E-state index in [1.54, 1.807) is 14.2 Å². The van der Waals surface area contributed by atoms with E-state index < -0.39 is 6.04 Å². The first-order chi connectivity index (χ1) is 65.9. The van der Waals surface area contributed by atoms with Gasteiger partial charge in [-0.05, 0) is 237 Å².